The third kappa shape index (κ3) is 2.32. The van der Waals surface area contributed by atoms with Gasteiger partial charge >= 0.3 is 0 Å². The van der Waals surface area contributed by atoms with E-state index < -0.39 is 5.82 Å². The fourth-order valence-corrected chi connectivity index (χ4v) is 5.03. The lowest BCUT2D eigenvalue weighted by Crippen LogP contribution is -2.42. The van der Waals surface area contributed by atoms with Crippen LogP contribution in [0.5, 0.6) is 0 Å². The molecule has 4 nitrogen and oxygen atoms in total. The Balaban J connectivity index is 1.76. The number of thiophene rings is 1. The lowest BCUT2D eigenvalue weighted by Gasteiger charge is -2.27. The standard InChI is InChI=1S/C16H14ClFN2O2S/c17-14-13-10(18)2-1-3-11(13)23-15(14)16(22)20-8-4-5-9(20)7-19-12(21)6-8/h1-3,8-9H,4-7H2,(H,19,21)/t8-,9+/m0/s1. The van der Waals surface area contributed by atoms with E-state index in [1.807, 2.05) is 0 Å². The maximum Gasteiger partial charge on any atom is 0.266 e. The predicted octanol–water partition coefficient (Wildman–Crippen LogP) is 3.19. The highest BCUT2D eigenvalue weighted by atomic mass is 35.5. The maximum absolute atomic E-state index is 14.0. The SMILES string of the molecule is O=C1C[C@@H]2CC[C@H](CN1)N2C(=O)c1sc2cccc(F)c2c1Cl. The molecule has 1 aromatic carbocycles. The molecule has 0 aliphatic carbocycles. The van der Waals surface area contributed by atoms with Crippen molar-refractivity contribution in [1.29, 1.82) is 0 Å². The summed E-state index contributed by atoms with van der Waals surface area (Å²) in [6.45, 7) is 0.470. The number of benzene rings is 1. The molecule has 2 saturated heterocycles. The molecule has 2 bridgehead atoms. The topological polar surface area (TPSA) is 49.4 Å². The van der Waals surface area contributed by atoms with Gasteiger partial charge in [0.2, 0.25) is 5.91 Å². The van der Waals surface area contributed by atoms with Gasteiger partial charge in [0.05, 0.1) is 5.02 Å². The van der Waals surface area contributed by atoms with Crippen LogP contribution in [0.4, 0.5) is 4.39 Å². The first-order chi connectivity index (χ1) is 11.1. The van der Waals surface area contributed by atoms with Crippen LogP contribution in [0, 0.1) is 5.82 Å². The first-order valence-electron chi connectivity index (χ1n) is 7.52. The molecular weight excluding hydrogens is 339 g/mol. The van der Waals surface area contributed by atoms with Crippen molar-refractivity contribution < 1.29 is 14.0 Å². The number of carbonyl (C=O) groups excluding carboxylic acids is 2. The van der Waals surface area contributed by atoms with Crippen molar-refractivity contribution in [3.63, 3.8) is 0 Å². The van der Waals surface area contributed by atoms with Crippen LogP contribution in [0.2, 0.25) is 5.02 Å². The predicted molar refractivity (Wildman–Crippen MR) is 87.4 cm³/mol. The van der Waals surface area contributed by atoms with E-state index in [-0.39, 0.29) is 28.9 Å². The minimum atomic E-state index is -0.418. The fraction of sp³-hybridized carbons (Fsp3) is 0.375. The minimum Gasteiger partial charge on any atom is -0.354 e. The molecule has 120 valence electrons. The summed E-state index contributed by atoms with van der Waals surface area (Å²) in [5.41, 5.74) is 0. The van der Waals surface area contributed by atoms with Crippen LogP contribution in [0.25, 0.3) is 10.1 Å². The Bertz CT molecular complexity index is 822. The summed E-state index contributed by atoms with van der Waals surface area (Å²) in [5, 5.41) is 3.32. The van der Waals surface area contributed by atoms with Crippen molar-refractivity contribution in [2.45, 2.75) is 31.3 Å². The minimum absolute atomic E-state index is 0.00919. The number of fused-ring (bicyclic) bond motifs is 3. The first-order valence-corrected chi connectivity index (χ1v) is 8.71. The highest BCUT2D eigenvalue weighted by Crippen LogP contribution is 2.39. The van der Waals surface area contributed by atoms with Gasteiger partial charge in [0.15, 0.2) is 0 Å². The highest BCUT2D eigenvalue weighted by Gasteiger charge is 2.41. The van der Waals surface area contributed by atoms with E-state index in [9.17, 15) is 14.0 Å². The average Bonchev–Trinajstić information content (AvgIpc) is 3.01. The van der Waals surface area contributed by atoms with Gasteiger partial charge in [-0.2, -0.15) is 0 Å². The Morgan fingerprint density at radius 3 is 2.91 bits per heavy atom. The quantitative estimate of drug-likeness (QED) is 0.857. The van der Waals surface area contributed by atoms with Crippen molar-refractivity contribution in [3.8, 4) is 0 Å². The zero-order valence-corrected chi connectivity index (χ0v) is 13.7. The van der Waals surface area contributed by atoms with Crippen molar-refractivity contribution in [3.05, 3.63) is 33.9 Å². The molecule has 0 saturated carbocycles. The maximum atomic E-state index is 14.0. The molecule has 0 spiro atoms. The number of nitrogens with one attached hydrogen (secondary N) is 1. The van der Waals surface area contributed by atoms with Crippen LogP contribution in [-0.4, -0.2) is 35.3 Å². The van der Waals surface area contributed by atoms with Gasteiger partial charge in [-0.1, -0.05) is 17.7 Å². The Morgan fingerprint density at radius 2 is 2.13 bits per heavy atom. The number of nitrogens with zero attached hydrogens (tertiary/aromatic N) is 1. The first kappa shape index (κ1) is 14.9. The molecule has 2 aliphatic rings. The van der Waals surface area contributed by atoms with Gasteiger partial charge in [0.1, 0.15) is 10.7 Å². The lowest BCUT2D eigenvalue weighted by atomic mass is 10.1. The van der Waals surface area contributed by atoms with Crippen LogP contribution in [0.1, 0.15) is 28.9 Å². The van der Waals surface area contributed by atoms with Gasteiger partial charge in [-0.05, 0) is 25.0 Å². The molecule has 2 atom stereocenters. The van der Waals surface area contributed by atoms with E-state index in [0.717, 1.165) is 12.8 Å². The largest absolute Gasteiger partial charge is 0.354 e. The van der Waals surface area contributed by atoms with Crippen molar-refractivity contribution in [2.24, 2.45) is 0 Å². The highest BCUT2D eigenvalue weighted by molar-refractivity contribution is 7.21. The number of amides is 2. The smallest absolute Gasteiger partial charge is 0.266 e. The van der Waals surface area contributed by atoms with Gasteiger partial charge in [-0.15, -0.1) is 11.3 Å². The third-order valence-electron chi connectivity index (χ3n) is 4.61. The zero-order chi connectivity index (χ0) is 16.1. The van der Waals surface area contributed by atoms with E-state index in [0.29, 0.717) is 27.9 Å². The van der Waals surface area contributed by atoms with Crippen molar-refractivity contribution >= 4 is 44.8 Å². The second-order valence-corrected chi connectivity index (χ2v) is 7.39. The van der Waals surface area contributed by atoms with Gasteiger partial charge in [0.25, 0.3) is 5.91 Å². The van der Waals surface area contributed by atoms with Gasteiger partial charge in [-0.3, -0.25) is 9.59 Å². The number of hydrogen-bond acceptors (Lipinski definition) is 3. The van der Waals surface area contributed by atoms with Crippen LogP contribution < -0.4 is 5.32 Å². The monoisotopic (exact) mass is 352 g/mol. The van der Waals surface area contributed by atoms with E-state index in [1.165, 1.54) is 17.4 Å². The molecule has 2 amide bonds. The average molecular weight is 353 g/mol. The van der Waals surface area contributed by atoms with Gasteiger partial charge in [-0.25, -0.2) is 4.39 Å². The molecule has 2 aliphatic heterocycles. The Labute approximate surface area is 141 Å². The van der Waals surface area contributed by atoms with E-state index in [4.69, 9.17) is 11.6 Å². The van der Waals surface area contributed by atoms with E-state index in [2.05, 4.69) is 5.32 Å². The molecule has 23 heavy (non-hydrogen) atoms. The van der Waals surface area contributed by atoms with Crippen LogP contribution in [-0.2, 0) is 4.79 Å². The molecule has 3 heterocycles. The molecule has 1 aromatic heterocycles. The third-order valence-corrected chi connectivity index (χ3v) is 6.24. The number of rotatable bonds is 1. The van der Waals surface area contributed by atoms with Crippen LogP contribution in [0.15, 0.2) is 18.2 Å². The number of halogens is 2. The van der Waals surface area contributed by atoms with Gasteiger partial charge < -0.3 is 10.2 Å². The summed E-state index contributed by atoms with van der Waals surface area (Å²) in [6.07, 6.45) is 2.01. The molecule has 7 heteroatoms. The molecular formula is C16H14ClFN2O2S. The lowest BCUT2D eigenvalue weighted by molar-refractivity contribution is -0.121. The molecule has 1 N–H and O–H groups in total. The molecule has 2 aromatic rings. The summed E-state index contributed by atoms with van der Waals surface area (Å²) in [6, 6.07) is 4.60. The second-order valence-electron chi connectivity index (χ2n) is 5.96. The summed E-state index contributed by atoms with van der Waals surface area (Å²) < 4.78 is 14.7. The normalized spacial score (nSPS) is 23.9. The number of hydrogen-bond donors (Lipinski definition) is 1. The molecule has 2 fully saturated rings. The molecule has 0 radical (unpaired) electrons. The van der Waals surface area contributed by atoms with Gasteiger partial charge in [0, 0.05) is 35.1 Å². The van der Waals surface area contributed by atoms with Crippen molar-refractivity contribution in [2.75, 3.05) is 6.54 Å². The van der Waals surface area contributed by atoms with Crippen LogP contribution in [0.3, 0.4) is 0 Å². The number of carbonyl (C=O) groups is 2. The second kappa shape index (κ2) is 5.46. The Morgan fingerprint density at radius 1 is 1.35 bits per heavy atom. The summed E-state index contributed by atoms with van der Waals surface area (Å²) in [7, 11) is 0. The summed E-state index contributed by atoms with van der Waals surface area (Å²) in [5.74, 6) is -0.637. The molecule has 0 unspecified atom stereocenters. The Hall–Kier alpha value is -1.66. The van der Waals surface area contributed by atoms with E-state index >= 15 is 0 Å². The summed E-state index contributed by atoms with van der Waals surface area (Å²) in [4.78, 5) is 26.8. The van der Waals surface area contributed by atoms with E-state index in [1.54, 1.807) is 17.0 Å². The summed E-state index contributed by atoms with van der Waals surface area (Å²) >= 11 is 7.51. The van der Waals surface area contributed by atoms with Crippen LogP contribution >= 0.6 is 22.9 Å². The molecule has 4 rings (SSSR count). The van der Waals surface area contributed by atoms with Crippen molar-refractivity contribution in [1.82, 2.24) is 10.2 Å². The fourth-order valence-electron chi connectivity index (χ4n) is 3.54. The Kier molecular flexibility index (Phi) is 3.54. The zero-order valence-electron chi connectivity index (χ0n) is 12.1.